The fourth-order valence-electron chi connectivity index (χ4n) is 2.36. The molecule has 2 aromatic carbocycles. The summed E-state index contributed by atoms with van der Waals surface area (Å²) in [5, 5.41) is 11.3. The van der Waals surface area contributed by atoms with Gasteiger partial charge < -0.3 is 9.47 Å². The van der Waals surface area contributed by atoms with Crippen molar-refractivity contribution in [3.05, 3.63) is 69.8 Å². The van der Waals surface area contributed by atoms with Crippen LogP contribution in [-0.2, 0) is 9.53 Å². The Bertz CT molecular complexity index is 696. The van der Waals surface area contributed by atoms with Crippen LogP contribution in [0.4, 0.5) is 5.69 Å². The van der Waals surface area contributed by atoms with E-state index in [0.29, 0.717) is 16.9 Å². The monoisotopic (exact) mass is 315 g/mol. The van der Waals surface area contributed by atoms with Gasteiger partial charge in [-0.3, -0.25) is 14.9 Å². The number of carbonyl (C=O) groups excluding carboxylic acids is 1. The van der Waals surface area contributed by atoms with Gasteiger partial charge in [-0.05, 0) is 24.6 Å². The van der Waals surface area contributed by atoms with Crippen molar-refractivity contribution in [2.45, 2.75) is 12.8 Å². The van der Waals surface area contributed by atoms with Gasteiger partial charge in [0.25, 0.3) is 5.69 Å². The number of rotatable bonds is 6. The molecule has 6 nitrogen and oxygen atoms in total. The molecule has 0 amide bonds. The van der Waals surface area contributed by atoms with E-state index >= 15 is 0 Å². The number of hydrogen-bond donors (Lipinski definition) is 0. The van der Waals surface area contributed by atoms with Crippen LogP contribution in [0, 0.1) is 10.1 Å². The van der Waals surface area contributed by atoms with Gasteiger partial charge in [0.05, 0.1) is 18.6 Å². The summed E-state index contributed by atoms with van der Waals surface area (Å²) in [5.74, 6) is -0.742. The number of para-hydroxylation sites is 1. The summed E-state index contributed by atoms with van der Waals surface area (Å²) in [7, 11) is 1.54. The van der Waals surface area contributed by atoms with Gasteiger partial charge in [-0.15, -0.1) is 0 Å². The van der Waals surface area contributed by atoms with Crippen LogP contribution in [0.3, 0.4) is 0 Å². The predicted octanol–water partition coefficient (Wildman–Crippen LogP) is 3.30. The Labute approximate surface area is 133 Å². The van der Waals surface area contributed by atoms with Gasteiger partial charge in [0.15, 0.2) is 0 Å². The number of nitro groups is 1. The maximum atomic E-state index is 12.4. The number of hydrogen-bond acceptors (Lipinski definition) is 5. The van der Waals surface area contributed by atoms with Gasteiger partial charge in [0.2, 0.25) is 0 Å². The SMILES string of the molecule is CCOC(=O)C(c1ccc(OC)cc1)c1ccccc1[N+](=O)[O-]. The van der Waals surface area contributed by atoms with Crippen molar-refractivity contribution in [2.24, 2.45) is 0 Å². The van der Waals surface area contributed by atoms with Crippen LogP contribution in [-0.4, -0.2) is 24.6 Å². The minimum atomic E-state index is -0.859. The molecule has 0 N–H and O–H groups in total. The maximum Gasteiger partial charge on any atom is 0.318 e. The van der Waals surface area contributed by atoms with E-state index in [1.807, 2.05) is 0 Å². The van der Waals surface area contributed by atoms with Crippen LogP contribution in [0.5, 0.6) is 5.75 Å². The molecule has 0 fully saturated rings. The summed E-state index contributed by atoms with van der Waals surface area (Å²) in [5.41, 5.74) is 0.807. The molecule has 1 atom stereocenters. The highest BCUT2D eigenvalue weighted by atomic mass is 16.6. The van der Waals surface area contributed by atoms with Crippen molar-refractivity contribution in [1.29, 1.82) is 0 Å². The van der Waals surface area contributed by atoms with Crippen LogP contribution in [0.2, 0.25) is 0 Å². The van der Waals surface area contributed by atoms with Gasteiger partial charge in [0, 0.05) is 11.6 Å². The van der Waals surface area contributed by atoms with Gasteiger partial charge in [-0.25, -0.2) is 0 Å². The molecular weight excluding hydrogens is 298 g/mol. The van der Waals surface area contributed by atoms with Crippen LogP contribution in [0.25, 0.3) is 0 Å². The lowest BCUT2D eigenvalue weighted by molar-refractivity contribution is -0.385. The third-order valence-corrected chi connectivity index (χ3v) is 3.42. The molecule has 2 rings (SSSR count). The fraction of sp³-hybridized carbons (Fsp3) is 0.235. The van der Waals surface area contributed by atoms with E-state index < -0.39 is 16.8 Å². The molecule has 0 aliphatic carbocycles. The normalized spacial score (nSPS) is 11.6. The van der Waals surface area contributed by atoms with Crippen LogP contribution >= 0.6 is 0 Å². The summed E-state index contributed by atoms with van der Waals surface area (Å²) < 4.78 is 10.2. The third-order valence-electron chi connectivity index (χ3n) is 3.42. The number of ether oxygens (including phenoxy) is 2. The lowest BCUT2D eigenvalue weighted by Crippen LogP contribution is -2.18. The first-order valence-electron chi connectivity index (χ1n) is 7.12. The van der Waals surface area contributed by atoms with Crippen LogP contribution < -0.4 is 4.74 Å². The van der Waals surface area contributed by atoms with Crippen molar-refractivity contribution >= 4 is 11.7 Å². The first-order valence-corrected chi connectivity index (χ1v) is 7.12. The second-order valence-electron chi connectivity index (χ2n) is 4.77. The number of nitrogens with zero attached hydrogens (tertiary/aromatic N) is 1. The molecule has 6 heteroatoms. The molecule has 0 aliphatic rings. The highest BCUT2D eigenvalue weighted by Crippen LogP contribution is 2.33. The molecule has 2 aromatic rings. The van der Waals surface area contributed by atoms with Crippen molar-refractivity contribution in [1.82, 2.24) is 0 Å². The number of nitro benzene ring substituents is 1. The van der Waals surface area contributed by atoms with Gasteiger partial charge >= 0.3 is 5.97 Å². The zero-order valence-corrected chi connectivity index (χ0v) is 12.9. The predicted molar refractivity (Wildman–Crippen MR) is 84.6 cm³/mol. The Morgan fingerprint density at radius 1 is 1.17 bits per heavy atom. The molecule has 23 heavy (non-hydrogen) atoms. The summed E-state index contributed by atoms with van der Waals surface area (Å²) in [6.45, 7) is 1.90. The molecule has 0 radical (unpaired) electrons. The van der Waals surface area contributed by atoms with E-state index in [1.54, 1.807) is 56.5 Å². The third kappa shape index (κ3) is 3.66. The molecule has 0 aromatic heterocycles. The van der Waals surface area contributed by atoms with E-state index in [2.05, 4.69) is 0 Å². The van der Waals surface area contributed by atoms with E-state index in [-0.39, 0.29) is 12.3 Å². The smallest absolute Gasteiger partial charge is 0.318 e. The Morgan fingerprint density at radius 2 is 1.83 bits per heavy atom. The minimum absolute atomic E-state index is 0.110. The van der Waals surface area contributed by atoms with Gasteiger partial charge in [-0.1, -0.05) is 30.3 Å². The molecule has 0 saturated heterocycles. The number of methoxy groups -OCH3 is 1. The summed E-state index contributed by atoms with van der Waals surface area (Å²) in [6.07, 6.45) is 0. The Morgan fingerprint density at radius 3 is 2.39 bits per heavy atom. The molecule has 0 bridgehead atoms. The minimum Gasteiger partial charge on any atom is -0.497 e. The molecule has 0 saturated carbocycles. The maximum absolute atomic E-state index is 12.4. The van der Waals surface area contributed by atoms with Crippen molar-refractivity contribution in [2.75, 3.05) is 13.7 Å². The number of esters is 1. The van der Waals surface area contributed by atoms with E-state index in [0.717, 1.165) is 0 Å². The molecule has 0 heterocycles. The fourth-order valence-corrected chi connectivity index (χ4v) is 2.36. The second-order valence-corrected chi connectivity index (χ2v) is 4.77. The quantitative estimate of drug-likeness (QED) is 0.464. The summed E-state index contributed by atoms with van der Waals surface area (Å²) in [4.78, 5) is 23.2. The number of carbonyl (C=O) groups is 1. The lowest BCUT2D eigenvalue weighted by atomic mass is 9.90. The van der Waals surface area contributed by atoms with Gasteiger partial charge in [-0.2, -0.15) is 0 Å². The van der Waals surface area contributed by atoms with E-state index in [9.17, 15) is 14.9 Å². The summed E-state index contributed by atoms with van der Waals surface area (Å²) in [6, 6.07) is 13.0. The highest BCUT2D eigenvalue weighted by molar-refractivity contribution is 5.83. The van der Waals surface area contributed by atoms with Gasteiger partial charge in [0.1, 0.15) is 11.7 Å². The topological polar surface area (TPSA) is 78.7 Å². The average molecular weight is 315 g/mol. The molecule has 0 aliphatic heterocycles. The number of benzene rings is 2. The first-order chi connectivity index (χ1) is 11.1. The zero-order valence-electron chi connectivity index (χ0n) is 12.9. The zero-order chi connectivity index (χ0) is 16.8. The van der Waals surface area contributed by atoms with E-state index in [1.165, 1.54) is 6.07 Å². The van der Waals surface area contributed by atoms with Crippen LogP contribution in [0.1, 0.15) is 24.0 Å². The van der Waals surface area contributed by atoms with Crippen molar-refractivity contribution in [3.8, 4) is 5.75 Å². The molecule has 1 unspecified atom stereocenters. The van der Waals surface area contributed by atoms with Crippen molar-refractivity contribution in [3.63, 3.8) is 0 Å². The Balaban J connectivity index is 2.54. The summed E-state index contributed by atoms with van der Waals surface area (Å²) >= 11 is 0. The highest BCUT2D eigenvalue weighted by Gasteiger charge is 2.30. The van der Waals surface area contributed by atoms with E-state index in [4.69, 9.17) is 9.47 Å². The largest absolute Gasteiger partial charge is 0.497 e. The second kappa shape index (κ2) is 7.40. The molecular formula is C17H17NO5. The Hall–Kier alpha value is -2.89. The van der Waals surface area contributed by atoms with Crippen molar-refractivity contribution < 1.29 is 19.2 Å². The molecule has 120 valence electrons. The van der Waals surface area contributed by atoms with Crippen LogP contribution in [0.15, 0.2) is 48.5 Å². The first kappa shape index (κ1) is 16.5. The lowest BCUT2D eigenvalue weighted by Gasteiger charge is -2.17. The standard InChI is InChI=1S/C17H17NO5/c1-3-23-17(19)16(12-8-10-13(22-2)11-9-12)14-6-4-5-7-15(14)18(20)21/h4-11,16H,3H2,1-2H3. The average Bonchev–Trinajstić information content (AvgIpc) is 2.56. The molecule has 0 spiro atoms. The Kier molecular flexibility index (Phi) is 5.30.